The molecule has 2 aliphatic rings. The summed E-state index contributed by atoms with van der Waals surface area (Å²) in [6.45, 7) is 14.7. The molecular weight excluding hydrogens is 362 g/mol. The fraction of sp³-hybridized carbons (Fsp3) is 0.600. The lowest BCUT2D eigenvalue weighted by Crippen LogP contribution is -2.52. The second kappa shape index (κ2) is 7.97. The van der Waals surface area contributed by atoms with E-state index in [1.807, 2.05) is 13.8 Å². The topological polar surface area (TPSA) is 58.9 Å². The Bertz CT molecular complexity index is 841. The first-order chi connectivity index (χ1) is 13.6. The van der Waals surface area contributed by atoms with Gasteiger partial charge in [0.2, 0.25) is 0 Å². The van der Waals surface area contributed by atoms with Crippen LogP contribution in [0.15, 0.2) is 29.9 Å². The van der Waals surface area contributed by atoms with Gasteiger partial charge in [0.05, 0.1) is 11.1 Å². The maximum atomic E-state index is 12.2. The average molecular weight is 398 g/mol. The van der Waals surface area contributed by atoms with Gasteiger partial charge >= 0.3 is 5.97 Å². The van der Waals surface area contributed by atoms with Gasteiger partial charge in [-0.25, -0.2) is 0 Å². The Morgan fingerprint density at radius 1 is 1.38 bits per heavy atom. The van der Waals surface area contributed by atoms with Crippen molar-refractivity contribution in [3.63, 3.8) is 0 Å². The van der Waals surface area contributed by atoms with Gasteiger partial charge in [-0.05, 0) is 79.5 Å². The second-order valence-electron chi connectivity index (χ2n) is 9.60. The lowest BCUT2D eigenvalue weighted by molar-refractivity contribution is -0.157. The molecule has 0 spiro atoms. The minimum absolute atomic E-state index is 0.120. The summed E-state index contributed by atoms with van der Waals surface area (Å²) >= 11 is 0. The summed E-state index contributed by atoms with van der Waals surface area (Å²) in [6, 6.07) is 4.64. The van der Waals surface area contributed by atoms with Crippen molar-refractivity contribution in [2.75, 3.05) is 6.61 Å². The van der Waals surface area contributed by atoms with Crippen molar-refractivity contribution in [1.82, 2.24) is 0 Å². The van der Waals surface area contributed by atoms with Crippen LogP contribution >= 0.6 is 0 Å². The summed E-state index contributed by atoms with van der Waals surface area (Å²) in [5, 5.41) is 14.3. The maximum Gasteiger partial charge on any atom is 0.309 e. The quantitative estimate of drug-likeness (QED) is 0.284. The van der Waals surface area contributed by atoms with Crippen LogP contribution in [0.1, 0.15) is 88.5 Å². The molecule has 3 rings (SSSR count). The molecular formula is C25H35NO3. The van der Waals surface area contributed by atoms with E-state index in [0.29, 0.717) is 12.5 Å². The third-order valence-electron chi connectivity index (χ3n) is 7.42. The number of carboxylic acids is 1. The minimum atomic E-state index is -0.655. The molecule has 0 unspecified atom stereocenters. The molecule has 1 aromatic rings. The number of hydrogen-bond donors (Lipinski definition) is 1. The van der Waals surface area contributed by atoms with Gasteiger partial charge in [-0.2, -0.15) is 0 Å². The zero-order chi connectivity index (χ0) is 21.4. The molecule has 29 heavy (non-hydrogen) atoms. The molecule has 1 fully saturated rings. The van der Waals surface area contributed by atoms with E-state index in [1.165, 1.54) is 16.7 Å². The highest BCUT2D eigenvalue weighted by atomic mass is 16.6. The third-order valence-corrected chi connectivity index (χ3v) is 7.42. The van der Waals surface area contributed by atoms with E-state index in [-0.39, 0.29) is 11.3 Å². The van der Waals surface area contributed by atoms with Crippen molar-refractivity contribution < 1.29 is 14.7 Å². The number of benzene rings is 1. The predicted molar refractivity (Wildman–Crippen MR) is 118 cm³/mol. The predicted octanol–water partition coefficient (Wildman–Crippen LogP) is 5.83. The molecule has 3 atom stereocenters. The van der Waals surface area contributed by atoms with Gasteiger partial charge in [-0.3, -0.25) is 4.79 Å². The van der Waals surface area contributed by atoms with Crippen molar-refractivity contribution >= 4 is 11.7 Å². The van der Waals surface area contributed by atoms with E-state index in [9.17, 15) is 9.90 Å². The number of aliphatic carboxylic acids is 1. The summed E-state index contributed by atoms with van der Waals surface area (Å²) < 4.78 is 0. The van der Waals surface area contributed by atoms with Gasteiger partial charge in [0.1, 0.15) is 6.61 Å². The fourth-order valence-corrected chi connectivity index (χ4v) is 5.82. The molecule has 0 bridgehead atoms. The molecule has 0 aliphatic heterocycles. The van der Waals surface area contributed by atoms with E-state index in [1.54, 1.807) is 6.08 Å². The lowest BCUT2D eigenvalue weighted by Gasteiger charge is -2.53. The van der Waals surface area contributed by atoms with Crippen LogP contribution in [-0.4, -0.2) is 23.4 Å². The Labute approximate surface area is 175 Å². The molecule has 0 amide bonds. The Morgan fingerprint density at radius 3 is 2.72 bits per heavy atom. The lowest BCUT2D eigenvalue weighted by atomic mass is 9.49. The third kappa shape index (κ3) is 3.62. The molecule has 0 radical (unpaired) electrons. The first-order valence-electron chi connectivity index (χ1n) is 10.8. The highest BCUT2D eigenvalue weighted by Crippen LogP contribution is 2.57. The van der Waals surface area contributed by atoms with Gasteiger partial charge in [0.25, 0.3) is 0 Å². The molecule has 4 nitrogen and oxygen atoms in total. The Morgan fingerprint density at radius 2 is 2.10 bits per heavy atom. The van der Waals surface area contributed by atoms with Crippen molar-refractivity contribution in [3.05, 3.63) is 47.0 Å². The van der Waals surface area contributed by atoms with Crippen LogP contribution in [0.25, 0.3) is 0 Å². The number of fused-ring (bicyclic) bond motifs is 3. The molecule has 158 valence electrons. The first-order valence-corrected chi connectivity index (χ1v) is 10.8. The zero-order valence-electron chi connectivity index (χ0n) is 18.5. The van der Waals surface area contributed by atoms with Gasteiger partial charge in [0.15, 0.2) is 0 Å². The van der Waals surface area contributed by atoms with E-state index in [0.717, 1.165) is 43.4 Å². The van der Waals surface area contributed by atoms with Crippen molar-refractivity contribution in [3.8, 4) is 0 Å². The second-order valence-corrected chi connectivity index (χ2v) is 9.60. The summed E-state index contributed by atoms with van der Waals surface area (Å²) in [6.07, 6.45) is 6.33. The van der Waals surface area contributed by atoms with Crippen LogP contribution < -0.4 is 0 Å². The smallest absolute Gasteiger partial charge is 0.309 e. The molecule has 0 aromatic heterocycles. The summed E-state index contributed by atoms with van der Waals surface area (Å²) in [5.74, 6) is -0.117. The van der Waals surface area contributed by atoms with E-state index < -0.39 is 11.4 Å². The van der Waals surface area contributed by atoms with Crippen molar-refractivity contribution in [2.24, 2.45) is 16.5 Å². The first kappa shape index (κ1) is 21.6. The standard InChI is InChI=1S/C25H35NO3/c1-7-13-29-26-17(4)20-15-21-18(14-19(20)16(2)3)9-10-22-24(21,5)11-8-12-25(22,6)23(27)28/h7,14-16,22H,1,8-13H2,2-6H3,(H,27,28)/b26-17+/t22-,24-,25-/m1/s1. The van der Waals surface area contributed by atoms with Crippen LogP contribution in [0.5, 0.6) is 0 Å². The van der Waals surface area contributed by atoms with Gasteiger partial charge in [-0.15, -0.1) is 0 Å². The average Bonchev–Trinajstić information content (AvgIpc) is 2.66. The van der Waals surface area contributed by atoms with Crippen LogP contribution in [0.4, 0.5) is 0 Å². The van der Waals surface area contributed by atoms with Gasteiger partial charge in [-0.1, -0.05) is 51.1 Å². The highest BCUT2D eigenvalue weighted by Gasteiger charge is 2.55. The zero-order valence-corrected chi connectivity index (χ0v) is 18.5. The van der Waals surface area contributed by atoms with Crippen LogP contribution in [0, 0.1) is 11.3 Å². The number of nitrogens with zero attached hydrogens (tertiary/aromatic N) is 1. The summed E-state index contributed by atoms with van der Waals surface area (Å²) in [5.41, 5.74) is 5.19. The Kier molecular flexibility index (Phi) is 5.93. The van der Waals surface area contributed by atoms with Gasteiger partial charge in [0, 0.05) is 5.56 Å². The molecule has 1 aromatic carbocycles. The largest absolute Gasteiger partial charge is 0.481 e. The molecule has 2 aliphatic carbocycles. The van der Waals surface area contributed by atoms with E-state index in [2.05, 4.69) is 44.6 Å². The summed E-state index contributed by atoms with van der Waals surface area (Å²) in [4.78, 5) is 17.6. The van der Waals surface area contributed by atoms with E-state index in [4.69, 9.17) is 4.84 Å². The number of rotatable bonds is 6. The molecule has 0 heterocycles. The Balaban J connectivity index is 2.13. The normalized spacial score (nSPS) is 29.2. The van der Waals surface area contributed by atoms with Crippen LogP contribution in [-0.2, 0) is 21.5 Å². The number of oxime groups is 1. The summed E-state index contributed by atoms with van der Waals surface area (Å²) in [7, 11) is 0. The maximum absolute atomic E-state index is 12.2. The molecule has 1 N–H and O–H groups in total. The Hall–Kier alpha value is -2.10. The highest BCUT2D eigenvalue weighted by molar-refractivity contribution is 6.00. The fourth-order valence-electron chi connectivity index (χ4n) is 5.82. The van der Waals surface area contributed by atoms with Crippen LogP contribution in [0.3, 0.4) is 0 Å². The number of carboxylic acid groups (broad SMARTS) is 1. The molecule has 1 saturated carbocycles. The number of aryl methyl sites for hydroxylation is 1. The monoisotopic (exact) mass is 397 g/mol. The molecule has 0 saturated heterocycles. The minimum Gasteiger partial charge on any atom is -0.481 e. The number of carbonyl (C=O) groups is 1. The SMILES string of the molecule is C=CCO/N=C(\C)c1cc2c(cc1C(C)C)CC[C@H]1[C@](C)(C(=O)O)CCC[C@]21C. The number of hydrogen-bond acceptors (Lipinski definition) is 3. The molecule has 4 heteroatoms. The van der Waals surface area contributed by atoms with Crippen LogP contribution in [0.2, 0.25) is 0 Å². The van der Waals surface area contributed by atoms with E-state index >= 15 is 0 Å². The van der Waals surface area contributed by atoms with Gasteiger partial charge < -0.3 is 9.94 Å². The van der Waals surface area contributed by atoms with Crippen molar-refractivity contribution in [2.45, 2.75) is 78.1 Å². The van der Waals surface area contributed by atoms with Crippen molar-refractivity contribution in [1.29, 1.82) is 0 Å².